The summed E-state index contributed by atoms with van der Waals surface area (Å²) < 4.78 is 29.9. The second-order valence-electron chi connectivity index (χ2n) is 7.63. The van der Waals surface area contributed by atoms with Crippen LogP contribution in [0.25, 0.3) is 33.0 Å². The van der Waals surface area contributed by atoms with Gasteiger partial charge in [-0.3, -0.25) is 4.79 Å². The maximum absolute atomic E-state index is 14.9. The summed E-state index contributed by atoms with van der Waals surface area (Å²) in [5, 5.41) is 1.73. The Morgan fingerprint density at radius 3 is 2.17 bits per heavy atom. The van der Waals surface area contributed by atoms with Gasteiger partial charge in [0.15, 0.2) is 6.29 Å². The Bertz CT molecular complexity index is 1220. The van der Waals surface area contributed by atoms with E-state index in [1.165, 1.54) is 17.7 Å². The van der Waals surface area contributed by atoms with Gasteiger partial charge in [0.05, 0.1) is 5.56 Å². The average molecular weight is 400 g/mol. The van der Waals surface area contributed by atoms with Crippen molar-refractivity contribution >= 4 is 17.1 Å². The van der Waals surface area contributed by atoms with Gasteiger partial charge in [-0.2, -0.15) is 0 Å². The molecular weight excluding hydrogens is 378 g/mol. The number of fused-ring (bicyclic) bond motifs is 1. The Labute approximate surface area is 175 Å². The number of aryl methyl sites for hydroxylation is 2. The van der Waals surface area contributed by atoms with E-state index in [0.29, 0.717) is 22.3 Å². The first kappa shape index (κ1) is 20.0. The Balaban J connectivity index is 1.84. The van der Waals surface area contributed by atoms with Gasteiger partial charge >= 0.3 is 0 Å². The molecule has 0 aromatic heterocycles. The molecule has 0 bridgehead atoms. The predicted molar refractivity (Wildman–Crippen MR) is 119 cm³/mol. The van der Waals surface area contributed by atoms with Crippen LogP contribution in [0.15, 0.2) is 66.7 Å². The number of hydrogen-bond donors (Lipinski definition) is 0. The van der Waals surface area contributed by atoms with Crippen LogP contribution in [0.1, 0.15) is 34.8 Å². The van der Waals surface area contributed by atoms with Crippen LogP contribution in [-0.4, -0.2) is 6.29 Å². The highest BCUT2D eigenvalue weighted by atomic mass is 19.1. The molecule has 4 aromatic carbocycles. The third kappa shape index (κ3) is 3.63. The zero-order valence-electron chi connectivity index (χ0n) is 17.0. The summed E-state index contributed by atoms with van der Waals surface area (Å²) in [7, 11) is 0. The van der Waals surface area contributed by atoms with Gasteiger partial charge < -0.3 is 0 Å². The third-order valence-electron chi connectivity index (χ3n) is 5.48. The van der Waals surface area contributed by atoms with Crippen molar-refractivity contribution in [3.63, 3.8) is 0 Å². The molecule has 3 heteroatoms. The van der Waals surface area contributed by atoms with Crippen LogP contribution in [0.2, 0.25) is 0 Å². The zero-order valence-corrected chi connectivity index (χ0v) is 17.0. The Kier molecular flexibility index (Phi) is 5.45. The summed E-state index contributed by atoms with van der Waals surface area (Å²) in [5.41, 5.74) is 3.96. The number of carbonyl (C=O) groups is 1. The first-order valence-corrected chi connectivity index (χ1v) is 10.1. The minimum atomic E-state index is -0.649. The monoisotopic (exact) mass is 400 g/mol. The van der Waals surface area contributed by atoms with Crippen LogP contribution < -0.4 is 0 Å². The van der Waals surface area contributed by atoms with Crippen molar-refractivity contribution in [1.82, 2.24) is 0 Å². The molecule has 0 N–H and O–H groups in total. The van der Waals surface area contributed by atoms with Crippen LogP contribution in [-0.2, 0) is 6.42 Å². The summed E-state index contributed by atoms with van der Waals surface area (Å²) in [6.45, 7) is 4.04. The molecule has 0 heterocycles. The molecule has 1 nitrogen and oxygen atoms in total. The first-order valence-electron chi connectivity index (χ1n) is 10.1. The molecule has 0 spiro atoms. The fraction of sp³-hybridized carbons (Fsp3) is 0.148. The topological polar surface area (TPSA) is 17.1 Å². The summed E-state index contributed by atoms with van der Waals surface area (Å²) in [5.74, 6) is -1.30. The maximum Gasteiger partial charge on any atom is 0.151 e. The fourth-order valence-corrected chi connectivity index (χ4v) is 3.95. The molecule has 0 aliphatic rings. The van der Waals surface area contributed by atoms with E-state index in [-0.39, 0.29) is 5.56 Å². The molecule has 0 atom stereocenters. The fourth-order valence-electron chi connectivity index (χ4n) is 3.95. The van der Waals surface area contributed by atoms with Gasteiger partial charge in [0.1, 0.15) is 11.6 Å². The van der Waals surface area contributed by atoms with Crippen molar-refractivity contribution in [2.45, 2.75) is 26.7 Å². The second-order valence-corrected chi connectivity index (χ2v) is 7.63. The van der Waals surface area contributed by atoms with E-state index < -0.39 is 11.6 Å². The number of benzene rings is 4. The van der Waals surface area contributed by atoms with Gasteiger partial charge in [-0.05, 0) is 58.5 Å². The van der Waals surface area contributed by atoms with Crippen molar-refractivity contribution < 1.29 is 13.6 Å². The molecule has 4 rings (SSSR count). The molecular formula is C27H22F2O. The number of rotatable bonds is 5. The molecule has 0 unspecified atom stereocenters. The molecule has 30 heavy (non-hydrogen) atoms. The lowest BCUT2D eigenvalue weighted by molar-refractivity contribution is 0.112. The van der Waals surface area contributed by atoms with Crippen molar-refractivity contribution in [3.05, 3.63) is 95.1 Å². The quantitative estimate of drug-likeness (QED) is 0.317. The predicted octanol–water partition coefficient (Wildman–Crippen LogP) is 7.53. The molecule has 0 radical (unpaired) electrons. The van der Waals surface area contributed by atoms with Crippen LogP contribution in [0, 0.1) is 18.6 Å². The van der Waals surface area contributed by atoms with Crippen LogP contribution in [0.3, 0.4) is 0 Å². The van der Waals surface area contributed by atoms with E-state index >= 15 is 0 Å². The van der Waals surface area contributed by atoms with E-state index in [0.717, 1.165) is 35.5 Å². The van der Waals surface area contributed by atoms with Crippen molar-refractivity contribution in [3.8, 4) is 22.3 Å². The Morgan fingerprint density at radius 1 is 0.833 bits per heavy atom. The number of hydrogen-bond acceptors (Lipinski definition) is 1. The lowest BCUT2D eigenvalue weighted by Crippen LogP contribution is -1.96. The molecule has 0 aliphatic carbocycles. The standard InChI is InChI=1S/C27H22F2O/c1-3-4-18-7-11-22-20(13-18)10-12-23(24(22)16-30)21-14-25(28)27(26(29)15-21)19-8-5-17(2)6-9-19/h5-16H,3-4H2,1-2H3. The molecule has 0 amide bonds. The average Bonchev–Trinajstić information content (AvgIpc) is 2.73. The van der Waals surface area contributed by atoms with Gasteiger partial charge in [0, 0.05) is 5.56 Å². The summed E-state index contributed by atoms with van der Waals surface area (Å²) in [6.07, 6.45) is 2.77. The number of halogens is 2. The molecule has 4 aromatic rings. The van der Waals surface area contributed by atoms with Crippen LogP contribution in [0.5, 0.6) is 0 Å². The number of aldehydes is 1. The number of carbonyl (C=O) groups excluding carboxylic acids is 1. The largest absolute Gasteiger partial charge is 0.298 e. The van der Waals surface area contributed by atoms with E-state index in [4.69, 9.17) is 0 Å². The first-order chi connectivity index (χ1) is 14.5. The minimum Gasteiger partial charge on any atom is -0.298 e. The lowest BCUT2D eigenvalue weighted by atomic mass is 9.92. The normalized spacial score (nSPS) is 11.1. The molecule has 0 aliphatic heterocycles. The van der Waals surface area contributed by atoms with E-state index in [1.807, 2.05) is 37.3 Å². The second kappa shape index (κ2) is 8.19. The SMILES string of the molecule is CCCc1ccc2c(C=O)c(-c3cc(F)c(-c4ccc(C)cc4)c(F)c3)ccc2c1. The minimum absolute atomic E-state index is 0.0589. The van der Waals surface area contributed by atoms with Crippen LogP contribution in [0.4, 0.5) is 8.78 Å². The smallest absolute Gasteiger partial charge is 0.151 e. The highest BCUT2D eigenvalue weighted by molar-refractivity contribution is 6.04. The van der Waals surface area contributed by atoms with Gasteiger partial charge in [-0.15, -0.1) is 0 Å². The Hall–Kier alpha value is -3.33. The van der Waals surface area contributed by atoms with Crippen LogP contribution >= 0.6 is 0 Å². The van der Waals surface area contributed by atoms with Gasteiger partial charge in [0.2, 0.25) is 0 Å². The summed E-state index contributed by atoms with van der Waals surface area (Å²) in [4.78, 5) is 11.9. The van der Waals surface area contributed by atoms with Gasteiger partial charge in [-0.1, -0.05) is 73.5 Å². The summed E-state index contributed by atoms with van der Waals surface area (Å²) in [6, 6.07) is 19.3. The van der Waals surface area contributed by atoms with Gasteiger partial charge in [0.25, 0.3) is 0 Å². The maximum atomic E-state index is 14.9. The third-order valence-corrected chi connectivity index (χ3v) is 5.48. The zero-order chi connectivity index (χ0) is 21.3. The molecule has 0 saturated heterocycles. The van der Waals surface area contributed by atoms with Crippen molar-refractivity contribution in [2.24, 2.45) is 0 Å². The van der Waals surface area contributed by atoms with Gasteiger partial charge in [-0.25, -0.2) is 8.78 Å². The lowest BCUT2D eigenvalue weighted by Gasteiger charge is -2.13. The van der Waals surface area contributed by atoms with E-state index in [9.17, 15) is 13.6 Å². The molecule has 0 saturated carbocycles. The van der Waals surface area contributed by atoms with Crippen molar-refractivity contribution in [1.29, 1.82) is 0 Å². The summed E-state index contributed by atoms with van der Waals surface area (Å²) >= 11 is 0. The molecule has 0 fully saturated rings. The highest BCUT2D eigenvalue weighted by Crippen LogP contribution is 2.34. The molecule has 150 valence electrons. The highest BCUT2D eigenvalue weighted by Gasteiger charge is 2.17. The van der Waals surface area contributed by atoms with E-state index in [2.05, 4.69) is 13.0 Å². The van der Waals surface area contributed by atoms with Crippen molar-refractivity contribution in [2.75, 3.05) is 0 Å². The Morgan fingerprint density at radius 2 is 1.53 bits per heavy atom. The van der Waals surface area contributed by atoms with E-state index in [1.54, 1.807) is 18.2 Å².